The number of hydrogen-bond donors (Lipinski definition) is 2. The first-order valence-corrected chi connectivity index (χ1v) is 10.6. The zero-order valence-electron chi connectivity index (χ0n) is 15.9. The van der Waals surface area contributed by atoms with Crippen LogP contribution in [-0.4, -0.2) is 20.8 Å². The molecule has 4 rings (SSSR count). The number of nitrogen functional groups attached to an aromatic ring is 1. The van der Waals surface area contributed by atoms with Gasteiger partial charge in [0.1, 0.15) is 5.25 Å². The summed E-state index contributed by atoms with van der Waals surface area (Å²) in [5, 5.41) is 9.84. The SMILES string of the molecule is Nn1c(S[C@@H](C(=O)Nc2ccc(Cl)c(C(F)(F)F)c2)c2ccccc2)nnc1C1CC1. The Morgan fingerprint density at radius 3 is 2.55 bits per heavy atom. The molecule has 6 nitrogen and oxygen atoms in total. The molecule has 0 unspecified atom stereocenters. The third-order valence-corrected chi connectivity index (χ3v) is 6.28. The molecular weight excluding hydrogens is 451 g/mol. The van der Waals surface area contributed by atoms with Gasteiger partial charge in [0.25, 0.3) is 0 Å². The number of nitrogens with zero attached hydrogens (tertiary/aromatic N) is 3. The fraction of sp³-hybridized carbons (Fsp3) is 0.250. The topological polar surface area (TPSA) is 85.8 Å². The van der Waals surface area contributed by atoms with Crippen LogP contribution < -0.4 is 11.2 Å². The Kier molecular flexibility index (Phi) is 5.85. The van der Waals surface area contributed by atoms with E-state index in [-0.39, 0.29) is 11.6 Å². The van der Waals surface area contributed by atoms with E-state index in [4.69, 9.17) is 17.4 Å². The summed E-state index contributed by atoms with van der Waals surface area (Å²) >= 11 is 6.74. The molecule has 3 N–H and O–H groups in total. The van der Waals surface area contributed by atoms with Gasteiger partial charge in [-0.3, -0.25) is 4.79 Å². The molecule has 11 heteroatoms. The summed E-state index contributed by atoms with van der Waals surface area (Å²) < 4.78 is 40.9. The van der Waals surface area contributed by atoms with E-state index in [2.05, 4.69) is 15.5 Å². The summed E-state index contributed by atoms with van der Waals surface area (Å²) in [6.45, 7) is 0. The van der Waals surface area contributed by atoms with Crippen molar-refractivity contribution in [2.45, 2.75) is 35.3 Å². The molecule has 1 heterocycles. The number of benzene rings is 2. The van der Waals surface area contributed by atoms with Crippen LogP contribution >= 0.6 is 23.4 Å². The summed E-state index contributed by atoms with van der Waals surface area (Å²) in [5.74, 6) is 6.51. The average Bonchev–Trinajstić information content (AvgIpc) is 3.50. The highest BCUT2D eigenvalue weighted by Gasteiger charge is 2.34. The van der Waals surface area contributed by atoms with Crippen molar-refractivity contribution in [1.82, 2.24) is 14.9 Å². The van der Waals surface area contributed by atoms with Gasteiger partial charge in [0.05, 0.1) is 10.6 Å². The third kappa shape index (κ3) is 4.80. The number of alkyl halides is 3. The molecule has 162 valence electrons. The summed E-state index contributed by atoms with van der Waals surface area (Å²) in [6, 6.07) is 12.1. The number of amides is 1. The second-order valence-electron chi connectivity index (χ2n) is 7.08. The van der Waals surface area contributed by atoms with E-state index in [1.54, 1.807) is 30.3 Å². The molecule has 2 aromatic carbocycles. The third-order valence-electron chi connectivity index (χ3n) is 4.74. The van der Waals surface area contributed by atoms with E-state index in [1.165, 1.54) is 10.7 Å². The lowest BCUT2D eigenvalue weighted by Gasteiger charge is -2.17. The van der Waals surface area contributed by atoms with Crippen molar-refractivity contribution < 1.29 is 18.0 Å². The van der Waals surface area contributed by atoms with Crippen molar-refractivity contribution >= 4 is 35.0 Å². The van der Waals surface area contributed by atoms with Crippen LogP contribution in [0.1, 0.15) is 41.0 Å². The number of nitrogens with one attached hydrogen (secondary N) is 1. The maximum atomic E-state index is 13.2. The quantitative estimate of drug-likeness (QED) is 0.393. The summed E-state index contributed by atoms with van der Waals surface area (Å²) in [7, 11) is 0. The first kappa shape index (κ1) is 21.5. The van der Waals surface area contributed by atoms with Crippen LogP contribution in [-0.2, 0) is 11.0 Å². The minimum Gasteiger partial charge on any atom is -0.336 e. The van der Waals surface area contributed by atoms with Crippen LogP contribution in [0, 0.1) is 0 Å². The minimum absolute atomic E-state index is 0.0175. The van der Waals surface area contributed by atoms with Crippen molar-refractivity contribution in [1.29, 1.82) is 0 Å². The zero-order chi connectivity index (χ0) is 22.2. The van der Waals surface area contributed by atoms with Gasteiger partial charge in [-0.15, -0.1) is 10.2 Å². The molecule has 0 bridgehead atoms. The molecule has 1 atom stereocenters. The van der Waals surface area contributed by atoms with Crippen LogP contribution in [0.4, 0.5) is 18.9 Å². The van der Waals surface area contributed by atoms with Crippen LogP contribution in [0.2, 0.25) is 5.02 Å². The molecular formula is C20H17ClF3N5OS. The number of rotatable bonds is 6. The van der Waals surface area contributed by atoms with Gasteiger partial charge in [-0.05, 0) is 36.6 Å². The zero-order valence-corrected chi connectivity index (χ0v) is 17.5. The average molecular weight is 468 g/mol. The van der Waals surface area contributed by atoms with E-state index >= 15 is 0 Å². The van der Waals surface area contributed by atoms with Gasteiger partial charge in [0.2, 0.25) is 11.1 Å². The van der Waals surface area contributed by atoms with E-state index in [1.807, 2.05) is 0 Å². The second kappa shape index (κ2) is 8.43. The molecule has 1 aliphatic carbocycles. The number of carbonyl (C=O) groups is 1. The van der Waals surface area contributed by atoms with Crippen molar-refractivity contribution in [2.24, 2.45) is 0 Å². The Labute approximate surface area is 185 Å². The Morgan fingerprint density at radius 1 is 1.19 bits per heavy atom. The Bertz CT molecular complexity index is 1100. The molecule has 1 fully saturated rings. The molecule has 1 amide bonds. The van der Waals surface area contributed by atoms with Crippen LogP contribution in [0.3, 0.4) is 0 Å². The van der Waals surface area contributed by atoms with Gasteiger partial charge in [0.15, 0.2) is 5.82 Å². The molecule has 0 saturated heterocycles. The van der Waals surface area contributed by atoms with Crippen molar-refractivity contribution in [3.8, 4) is 0 Å². The van der Waals surface area contributed by atoms with Gasteiger partial charge >= 0.3 is 6.18 Å². The summed E-state index contributed by atoms with van der Waals surface area (Å²) in [6.07, 6.45) is -2.66. The van der Waals surface area contributed by atoms with E-state index in [0.717, 1.165) is 36.7 Å². The maximum Gasteiger partial charge on any atom is 0.417 e. The second-order valence-corrected chi connectivity index (χ2v) is 8.55. The highest BCUT2D eigenvalue weighted by molar-refractivity contribution is 8.00. The fourth-order valence-electron chi connectivity index (χ4n) is 3.02. The van der Waals surface area contributed by atoms with Gasteiger partial charge in [0, 0.05) is 11.6 Å². The molecule has 31 heavy (non-hydrogen) atoms. The lowest BCUT2D eigenvalue weighted by Crippen LogP contribution is -2.21. The number of thioether (sulfide) groups is 1. The first-order chi connectivity index (χ1) is 14.7. The number of anilines is 1. The predicted octanol–water partition coefficient (Wildman–Crippen LogP) is 5.01. The van der Waals surface area contributed by atoms with Gasteiger partial charge in [-0.2, -0.15) is 13.2 Å². The van der Waals surface area contributed by atoms with Crippen LogP contribution in [0.25, 0.3) is 0 Å². The summed E-state index contributed by atoms with van der Waals surface area (Å²) in [5.41, 5.74) is -0.395. The summed E-state index contributed by atoms with van der Waals surface area (Å²) in [4.78, 5) is 13.1. The van der Waals surface area contributed by atoms with E-state index < -0.39 is 27.9 Å². The molecule has 0 aliphatic heterocycles. The van der Waals surface area contributed by atoms with E-state index in [0.29, 0.717) is 16.5 Å². The lowest BCUT2D eigenvalue weighted by atomic mass is 10.1. The maximum absolute atomic E-state index is 13.2. The molecule has 0 spiro atoms. The smallest absolute Gasteiger partial charge is 0.336 e. The van der Waals surface area contributed by atoms with Gasteiger partial charge in [-0.25, -0.2) is 4.68 Å². The number of carbonyl (C=O) groups excluding carboxylic acids is 1. The highest BCUT2D eigenvalue weighted by Crippen LogP contribution is 2.41. The van der Waals surface area contributed by atoms with Crippen molar-refractivity contribution in [3.05, 3.63) is 70.5 Å². The fourth-order valence-corrected chi connectivity index (χ4v) is 4.21. The number of halogens is 4. The van der Waals surface area contributed by atoms with Gasteiger partial charge in [-0.1, -0.05) is 53.7 Å². The van der Waals surface area contributed by atoms with E-state index in [9.17, 15) is 18.0 Å². The number of aromatic nitrogens is 3. The number of nitrogens with two attached hydrogens (primary N) is 1. The minimum atomic E-state index is -4.64. The Balaban J connectivity index is 1.61. The normalized spacial score (nSPS) is 15.0. The van der Waals surface area contributed by atoms with Crippen molar-refractivity contribution in [3.63, 3.8) is 0 Å². The Hall–Kier alpha value is -2.72. The van der Waals surface area contributed by atoms with Gasteiger partial charge < -0.3 is 11.2 Å². The van der Waals surface area contributed by atoms with Crippen LogP contribution in [0.15, 0.2) is 53.7 Å². The molecule has 1 aromatic heterocycles. The standard InChI is InChI=1S/C20H17ClF3N5OS/c21-15-9-8-13(10-14(15)20(22,23)24)26-18(30)16(11-4-2-1-3-5-11)31-19-28-27-17(29(19)25)12-6-7-12/h1-5,8-10,12,16H,6-7,25H2,(H,26,30)/t16-/m1/s1. The van der Waals surface area contributed by atoms with Crippen molar-refractivity contribution in [2.75, 3.05) is 11.2 Å². The predicted molar refractivity (Wildman–Crippen MR) is 112 cm³/mol. The first-order valence-electron chi connectivity index (χ1n) is 9.33. The monoisotopic (exact) mass is 467 g/mol. The molecule has 3 aromatic rings. The largest absolute Gasteiger partial charge is 0.417 e. The molecule has 1 aliphatic rings. The Morgan fingerprint density at radius 2 is 1.90 bits per heavy atom. The highest BCUT2D eigenvalue weighted by atomic mass is 35.5. The molecule has 0 radical (unpaired) electrons. The lowest BCUT2D eigenvalue weighted by molar-refractivity contribution is -0.137. The molecule has 1 saturated carbocycles. The van der Waals surface area contributed by atoms with Crippen LogP contribution in [0.5, 0.6) is 0 Å². The number of hydrogen-bond acceptors (Lipinski definition) is 5.